The van der Waals surface area contributed by atoms with E-state index in [-0.39, 0.29) is 0 Å². The fraction of sp³-hybridized carbons (Fsp3) is 0.417. The Morgan fingerprint density at radius 2 is 2.00 bits per heavy atom. The lowest BCUT2D eigenvalue weighted by Crippen LogP contribution is -2.05. The van der Waals surface area contributed by atoms with Crippen LogP contribution in [0.4, 0.5) is 0 Å². The normalized spacial score (nSPS) is 12.2. The van der Waals surface area contributed by atoms with Crippen molar-refractivity contribution >= 4 is 5.97 Å². The van der Waals surface area contributed by atoms with Crippen LogP contribution in [0.3, 0.4) is 0 Å². The largest absolute Gasteiger partial charge is 0.435 e. The Balaban J connectivity index is 2.76. The number of hydrogen-bond acceptors (Lipinski definition) is 3. The number of aliphatic hydroxyl groups is 1. The number of ether oxygens (including phenoxy) is 1. The van der Waals surface area contributed by atoms with Crippen LogP contribution >= 0.6 is 0 Å². The molecule has 0 aliphatic rings. The van der Waals surface area contributed by atoms with Crippen LogP contribution in [0.15, 0.2) is 24.3 Å². The second-order valence-electron chi connectivity index (χ2n) is 3.49. The smallest absolute Gasteiger partial charge is 0.340 e. The van der Waals surface area contributed by atoms with Crippen LogP contribution in [0, 0.1) is 0 Å². The highest BCUT2D eigenvalue weighted by atomic mass is 16.6. The molecule has 0 aliphatic carbocycles. The molecule has 0 amide bonds. The van der Waals surface area contributed by atoms with Gasteiger partial charge in [-0.1, -0.05) is 26.0 Å². The Labute approximate surface area is 89.7 Å². The van der Waals surface area contributed by atoms with Gasteiger partial charge in [-0.2, -0.15) is 0 Å². The van der Waals surface area contributed by atoms with E-state index < -0.39 is 12.8 Å². The maximum atomic E-state index is 11.2. The van der Waals surface area contributed by atoms with Gasteiger partial charge in [-0.15, -0.1) is 0 Å². The summed E-state index contributed by atoms with van der Waals surface area (Å²) in [6, 6.07) is 7.28. The summed E-state index contributed by atoms with van der Waals surface area (Å²) >= 11 is 0. The lowest BCUT2D eigenvalue weighted by Gasteiger charge is -2.09. The first kappa shape index (κ1) is 11.7. The minimum atomic E-state index is -0.577. The third kappa shape index (κ3) is 3.06. The molecule has 0 saturated carbocycles. The van der Waals surface area contributed by atoms with Crippen LogP contribution < -0.4 is 0 Å². The molecule has 0 aliphatic heterocycles. The van der Waals surface area contributed by atoms with Gasteiger partial charge < -0.3 is 9.84 Å². The standard InChI is InChI=1S/C12H16O3/c1-3-9(2)10-4-6-11(7-5-10)12(14)15-8-13/h4-7,9,13H,3,8H2,1-2H3. The molecule has 1 aromatic carbocycles. The highest BCUT2D eigenvalue weighted by Crippen LogP contribution is 2.18. The quantitative estimate of drug-likeness (QED) is 0.610. The summed E-state index contributed by atoms with van der Waals surface area (Å²) in [5.74, 6) is 0.00103. The molecular formula is C12H16O3. The average Bonchev–Trinajstić information content (AvgIpc) is 2.28. The van der Waals surface area contributed by atoms with Crippen LogP contribution in [0.5, 0.6) is 0 Å². The first-order valence-corrected chi connectivity index (χ1v) is 5.07. The number of rotatable bonds is 4. The molecule has 3 nitrogen and oxygen atoms in total. The molecule has 82 valence electrons. The molecule has 0 aromatic heterocycles. The number of esters is 1. The minimum absolute atomic E-state index is 0.469. The van der Waals surface area contributed by atoms with Crippen molar-refractivity contribution in [2.24, 2.45) is 0 Å². The monoisotopic (exact) mass is 208 g/mol. The molecule has 0 spiro atoms. The zero-order valence-corrected chi connectivity index (χ0v) is 9.06. The zero-order valence-electron chi connectivity index (χ0n) is 9.06. The molecular weight excluding hydrogens is 192 g/mol. The van der Waals surface area contributed by atoms with Crippen molar-refractivity contribution < 1.29 is 14.6 Å². The van der Waals surface area contributed by atoms with Crippen molar-refractivity contribution in [1.82, 2.24) is 0 Å². The van der Waals surface area contributed by atoms with Crippen LogP contribution in [0.25, 0.3) is 0 Å². The lowest BCUT2D eigenvalue weighted by molar-refractivity contribution is 0.00684. The number of carbonyl (C=O) groups is 1. The van der Waals surface area contributed by atoms with Gasteiger partial charge in [0, 0.05) is 0 Å². The van der Waals surface area contributed by atoms with Gasteiger partial charge in [0.2, 0.25) is 0 Å². The van der Waals surface area contributed by atoms with E-state index in [9.17, 15) is 4.79 Å². The van der Waals surface area contributed by atoms with E-state index in [1.54, 1.807) is 12.1 Å². The van der Waals surface area contributed by atoms with Gasteiger partial charge in [0.15, 0.2) is 6.79 Å². The minimum Gasteiger partial charge on any atom is -0.435 e. The lowest BCUT2D eigenvalue weighted by atomic mass is 9.98. The molecule has 0 fully saturated rings. The Morgan fingerprint density at radius 3 is 2.47 bits per heavy atom. The molecule has 1 N–H and O–H groups in total. The summed E-state index contributed by atoms with van der Waals surface area (Å²) in [5, 5.41) is 8.44. The van der Waals surface area contributed by atoms with Crippen LogP contribution in [-0.2, 0) is 4.74 Å². The number of hydrogen-bond donors (Lipinski definition) is 1. The fourth-order valence-corrected chi connectivity index (χ4v) is 1.33. The van der Waals surface area contributed by atoms with Gasteiger partial charge in [-0.05, 0) is 30.0 Å². The highest BCUT2D eigenvalue weighted by molar-refractivity contribution is 5.89. The molecule has 0 saturated heterocycles. The Morgan fingerprint density at radius 1 is 1.40 bits per heavy atom. The second-order valence-corrected chi connectivity index (χ2v) is 3.49. The summed E-state index contributed by atoms with van der Waals surface area (Å²) in [6.07, 6.45) is 1.07. The predicted molar refractivity (Wildman–Crippen MR) is 57.6 cm³/mol. The number of benzene rings is 1. The number of carbonyl (C=O) groups excluding carboxylic acids is 1. The molecule has 3 heteroatoms. The van der Waals surface area contributed by atoms with Gasteiger partial charge in [0.05, 0.1) is 5.56 Å². The second kappa shape index (κ2) is 5.51. The van der Waals surface area contributed by atoms with E-state index in [1.165, 1.54) is 5.56 Å². The number of aliphatic hydroxyl groups excluding tert-OH is 1. The molecule has 1 rings (SSSR count). The van der Waals surface area contributed by atoms with Crippen molar-refractivity contribution in [2.75, 3.05) is 6.79 Å². The van der Waals surface area contributed by atoms with Crippen molar-refractivity contribution in [3.8, 4) is 0 Å². The topological polar surface area (TPSA) is 46.5 Å². The van der Waals surface area contributed by atoms with E-state index in [0.717, 1.165) is 6.42 Å². The molecule has 15 heavy (non-hydrogen) atoms. The summed E-state index contributed by atoms with van der Waals surface area (Å²) in [5.41, 5.74) is 1.68. The van der Waals surface area contributed by atoms with Gasteiger partial charge in [-0.3, -0.25) is 0 Å². The average molecular weight is 208 g/mol. The molecule has 0 heterocycles. The van der Waals surface area contributed by atoms with Crippen LogP contribution in [0.1, 0.15) is 42.1 Å². The summed E-state index contributed by atoms with van der Waals surface area (Å²) in [7, 11) is 0. The van der Waals surface area contributed by atoms with Crippen molar-refractivity contribution in [1.29, 1.82) is 0 Å². The van der Waals surface area contributed by atoms with Crippen LogP contribution in [-0.4, -0.2) is 17.9 Å². The molecule has 1 unspecified atom stereocenters. The Hall–Kier alpha value is -1.35. The first-order valence-electron chi connectivity index (χ1n) is 5.07. The van der Waals surface area contributed by atoms with Crippen LogP contribution in [0.2, 0.25) is 0 Å². The molecule has 0 bridgehead atoms. The van der Waals surface area contributed by atoms with Gasteiger partial charge in [0.25, 0.3) is 0 Å². The van der Waals surface area contributed by atoms with E-state index in [2.05, 4.69) is 18.6 Å². The van der Waals surface area contributed by atoms with Gasteiger partial charge in [-0.25, -0.2) is 4.79 Å². The van der Waals surface area contributed by atoms with E-state index in [4.69, 9.17) is 5.11 Å². The fourth-order valence-electron chi connectivity index (χ4n) is 1.33. The van der Waals surface area contributed by atoms with E-state index in [1.807, 2.05) is 12.1 Å². The summed E-state index contributed by atoms with van der Waals surface area (Å²) < 4.78 is 4.47. The van der Waals surface area contributed by atoms with Gasteiger partial charge >= 0.3 is 5.97 Å². The molecule has 0 radical (unpaired) electrons. The van der Waals surface area contributed by atoms with Crippen molar-refractivity contribution in [3.63, 3.8) is 0 Å². The van der Waals surface area contributed by atoms with Crippen molar-refractivity contribution in [2.45, 2.75) is 26.2 Å². The highest BCUT2D eigenvalue weighted by Gasteiger charge is 2.07. The Kier molecular flexibility index (Phi) is 4.31. The summed E-state index contributed by atoms with van der Waals surface area (Å²) in [6.45, 7) is 3.69. The van der Waals surface area contributed by atoms with E-state index in [0.29, 0.717) is 11.5 Å². The van der Waals surface area contributed by atoms with Gasteiger partial charge in [0.1, 0.15) is 0 Å². The Bertz CT molecular complexity index is 316. The third-order valence-corrected chi connectivity index (χ3v) is 2.52. The van der Waals surface area contributed by atoms with Crippen molar-refractivity contribution in [3.05, 3.63) is 35.4 Å². The molecule has 1 aromatic rings. The predicted octanol–water partition coefficient (Wildman–Crippen LogP) is 2.31. The SMILES string of the molecule is CCC(C)c1ccc(C(=O)OCO)cc1. The zero-order chi connectivity index (χ0) is 11.3. The van der Waals surface area contributed by atoms with E-state index >= 15 is 0 Å². The maximum absolute atomic E-state index is 11.2. The maximum Gasteiger partial charge on any atom is 0.340 e. The third-order valence-electron chi connectivity index (χ3n) is 2.52. The first-order chi connectivity index (χ1) is 7.19. The molecule has 1 atom stereocenters. The summed E-state index contributed by atoms with van der Waals surface area (Å²) in [4.78, 5) is 11.2.